The number of hydrogen-bond donors (Lipinski definition) is 1. The van der Waals surface area contributed by atoms with Gasteiger partial charge in [0, 0.05) is 45.3 Å². The molecule has 4 heteroatoms. The van der Waals surface area contributed by atoms with Gasteiger partial charge in [-0.3, -0.25) is 4.99 Å². The fourth-order valence-corrected chi connectivity index (χ4v) is 4.43. The highest BCUT2D eigenvalue weighted by atomic mass is 16.5. The van der Waals surface area contributed by atoms with Crippen molar-refractivity contribution in [3.63, 3.8) is 0 Å². The first-order valence-corrected chi connectivity index (χ1v) is 9.74. The summed E-state index contributed by atoms with van der Waals surface area (Å²) in [5.41, 5.74) is 2.99. The highest BCUT2D eigenvalue weighted by Crippen LogP contribution is 2.36. The Bertz CT molecular complexity index is 593. The Morgan fingerprint density at radius 3 is 2.76 bits per heavy atom. The van der Waals surface area contributed by atoms with Crippen LogP contribution in [-0.2, 0) is 10.2 Å². The molecule has 2 fully saturated rings. The SMILES string of the molecule is CN=C(NCC1(c2ccccc2C)CCOCC1)N1CCCC(C)C1. The van der Waals surface area contributed by atoms with Crippen LogP contribution in [-0.4, -0.2) is 50.8 Å². The zero-order chi connectivity index (χ0) is 17.7. The molecule has 138 valence electrons. The fourth-order valence-electron chi connectivity index (χ4n) is 4.43. The Balaban J connectivity index is 1.76. The molecule has 1 aromatic rings. The summed E-state index contributed by atoms with van der Waals surface area (Å²) < 4.78 is 5.68. The van der Waals surface area contributed by atoms with Gasteiger partial charge < -0.3 is 15.0 Å². The minimum Gasteiger partial charge on any atom is -0.381 e. The van der Waals surface area contributed by atoms with Gasteiger partial charge in [-0.15, -0.1) is 0 Å². The van der Waals surface area contributed by atoms with E-state index in [4.69, 9.17) is 4.74 Å². The van der Waals surface area contributed by atoms with Crippen LogP contribution in [0.1, 0.15) is 43.7 Å². The lowest BCUT2D eigenvalue weighted by molar-refractivity contribution is 0.0509. The number of benzene rings is 1. The lowest BCUT2D eigenvalue weighted by Crippen LogP contribution is -2.51. The van der Waals surface area contributed by atoms with Gasteiger partial charge in [-0.1, -0.05) is 31.2 Å². The molecule has 0 amide bonds. The summed E-state index contributed by atoms with van der Waals surface area (Å²) in [4.78, 5) is 7.01. The van der Waals surface area contributed by atoms with Crippen LogP contribution in [0.15, 0.2) is 29.3 Å². The zero-order valence-corrected chi connectivity index (χ0v) is 16.1. The molecule has 2 saturated heterocycles. The lowest BCUT2D eigenvalue weighted by Gasteiger charge is -2.41. The molecule has 1 atom stereocenters. The molecule has 0 aliphatic carbocycles. The van der Waals surface area contributed by atoms with Crippen molar-refractivity contribution >= 4 is 5.96 Å². The van der Waals surface area contributed by atoms with Crippen LogP contribution in [0, 0.1) is 12.8 Å². The fraction of sp³-hybridized carbons (Fsp3) is 0.667. The standard InChI is InChI=1S/C21H33N3O/c1-17-7-6-12-24(15-17)20(22-3)23-16-21(10-13-25-14-11-21)19-9-5-4-8-18(19)2/h4-5,8-9,17H,6-7,10-16H2,1-3H3,(H,22,23). The van der Waals surface area contributed by atoms with Crippen molar-refractivity contribution in [1.29, 1.82) is 0 Å². The number of nitrogens with one attached hydrogen (secondary N) is 1. The van der Waals surface area contributed by atoms with Gasteiger partial charge in [0.25, 0.3) is 0 Å². The van der Waals surface area contributed by atoms with Crippen LogP contribution in [0.5, 0.6) is 0 Å². The highest BCUT2D eigenvalue weighted by molar-refractivity contribution is 5.80. The van der Waals surface area contributed by atoms with Gasteiger partial charge in [-0.05, 0) is 49.7 Å². The third kappa shape index (κ3) is 4.17. The van der Waals surface area contributed by atoms with Gasteiger partial charge in [0.1, 0.15) is 0 Å². The Morgan fingerprint density at radius 1 is 1.32 bits per heavy atom. The average molecular weight is 344 g/mol. The molecule has 0 aromatic heterocycles. The highest BCUT2D eigenvalue weighted by Gasteiger charge is 2.36. The van der Waals surface area contributed by atoms with E-state index in [-0.39, 0.29) is 5.41 Å². The summed E-state index contributed by atoms with van der Waals surface area (Å²) in [6, 6.07) is 8.83. The monoisotopic (exact) mass is 343 g/mol. The van der Waals surface area contributed by atoms with E-state index in [0.29, 0.717) is 0 Å². The molecule has 1 aromatic carbocycles. The molecule has 2 aliphatic heterocycles. The van der Waals surface area contributed by atoms with Crippen molar-refractivity contribution in [2.45, 2.75) is 44.9 Å². The molecule has 25 heavy (non-hydrogen) atoms. The number of ether oxygens (including phenoxy) is 1. The molecule has 1 unspecified atom stereocenters. The molecule has 3 rings (SSSR count). The van der Waals surface area contributed by atoms with Crippen molar-refractivity contribution in [2.75, 3.05) is 39.9 Å². The van der Waals surface area contributed by atoms with Crippen LogP contribution >= 0.6 is 0 Å². The molecule has 0 bridgehead atoms. The van der Waals surface area contributed by atoms with Crippen LogP contribution < -0.4 is 5.32 Å². The number of piperidine rings is 1. The van der Waals surface area contributed by atoms with Gasteiger partial charge in [0.2, 0.25) is 0 Å². The molecular weight excluding hydrogens is 310 g/mol. The lowest BCUT2D eigenvalue weighted by atomic mass is 9.72. The second-order valence-corrected chi connectivity index (χ2v) is 7.80. The summed E-state index contributed by atoms with van der Waals surface area (Å²) >= 11 is 0. The summed E-state index contributed by atoms with van der Waals surface area (Å²) in [6.07, 6.45) is 4.73. The average Bonchev–Trinajstić information content (AvgIpc) is 2.63. The summed E-state index contributed by atoms with van der Waals surface area (Å²) in [5, 5.41) is 3.72. The van der Waals surface area contributed by atoms with E-state index in [1.807, 2.05) is 7.05 Å². The van der Waals surface area contributed by atoms with E-state index in [1.54, 1.807) is 0 Å². The second kappa shape index (κ2) is 8.22. The predicted molar refractivity (Wildman–Crippen MR) is 104 cm³/mol. The Kier molecular flexibility index (Phi) is 6.00. The van der Waals surface area contributed by atoms with E-state index < -0.39 is 0 Å². The van der Waals surface area contributed by atoms with Crippen LogP contribution in [0.4, 0.5) is 0 Å². The largest absolute Gasteiger partial charge is 0.381 e. The molecule has 1 N–H and O–H groups in total. The van der Waals surface area contributed by atoms with Crippen molar-refractivity contribution in [3.05, 3.63) is 35.4 Å². The van der Waals surface area contributed by atoms with Crippen molar-refractivity contribution in [2.24, 2.45) is 10.9 Å². The zero-order valence-electron chi connectivity index (χ0n) is 16.1. The first kappa shape index (κ1) is 18.2. The minimum atomic E-state index is 0.140. The maximum absolute atomic E-state index is 5.68. The molecule has 0 radical (unpaired) electrons. The van der Waals surface area contributed by atoms with Crippen molar-refractivity contribution < 1.29 is 4.74 Å². The van der Waals surface area contributed by atoms with Crippen molar-refractivity contribution in [3.8, 4) is 0 Å². The van der Waals surface area contributed by atoms with Crippen molar-refractivity contribution in [1.82, 2.24) is 10.2 Å². The molecule has 0 spiro atoms. The van der Waals surface area contributed by atoms with E-state index in [1.165, 1.54) is 24.0 Å². The number of aryl methyl sites for hydroxylation is 1. The smallest absolute Gasteiger partial charge is 0.193 e. The maximum Gasteiger partial charge on any atom is 0.193 e. The molecule has 0 saturated carbocycles. The Morgan fingerprint density at radius 2 is 2.08 bits per heavy atom. The van der Waals surface area contributed by atoms with E-state index in [0.717, 1.165) is 57.6 Å². The number of aliphatic imine (C=N–C) groups is 1. The Hall–Kier alpha value is -1.55. The van der Waals surface area contributed by atoms with Gasteiger partial charge in [-0.2, -0.15) is 0 Å². The minimum absolute atomic E-state index is 0.140. The third-order valence-corrected chi connectivity index (χ3v) is 5.92. The maximum atomic E-state index is 5.68. The molecule has 2 heterocycles. The van der Waals surface area contributed by atoms with Gasteiger partial charge >= 0.3 is 0 Å². The normalized spacial score (nSPS) is 24.2. The first-order valence-electron chi connectivity index (χ1n) is 9.74. The van der Waals surface area contributed by atoms with Gasteiger partial charge in [-0.25, -0.2) is 0 Å². The van der Waals surface area contributed by atoms with E-state index in [2.05, 4.69) is 53.3 Å². The topological polar surface area (TPSA) is 36.9 Å². The molecular formula is C21H33N3O. The number of guanidine groups is 1. The number of hydrogen-bond acceptors (Lipinski definition) is 2. The summed E-state index contributed by atoms with van der Waals surface area (Å²) in [6.45, 7) is 9.41. The molecule has 4 nitrogen and oxygen atoms in total. The third-order valence-electron chi connectivity index (χ3n) is 5.92. The van der Waals surface area contributed by atoms with E-state index >= 15 is 0 Å². The van der Waals surface area contributed by atoms with Gasteiger partial charge in [0.15, 0.2) is 5.96 Å². The number of nitrogens with zero attached hydrogens (tertiary/aromatic N) is 2. The second-order valence-electron chi connectivity index (χ2n) is 7.80. The quantitative estimate of drug-likeness (QED) is 0.675. The summed E-state index contributed by atoms with van der Waals surface area (Å²) in [5.74, 6) is 1.81. The predicted octanol–water partition coefficient (Wildman–Crippen LogP) is 3.35. The van der Waals surface area contributed by atoms with Crippen LogP contribution in [0.3, 0.4) is 0 Å². The molecule has 2 aliphatic rings. The van der Waals surface area contributed by atoms with E-state index in [9.17, 15) is 0 Å². The van der Waals surface area contributed by atoms with Gasteiger partial charge in [0.05, 0.1) is 0 Å². The summed E-state index contributed by atoms with van der Waals surface area (Å²) in [7, 11) is 1.91. The number of likely N-dealkylation sites (tertiary alicyclic amines) is 1. The van der Waals surface area contributed by atoms with Crippen LogP contribution in [0.25, 0.3) is 0 Å². The first-order chi connectivity index (χ1) is 12.1. The van der Waals surface area contributed by atoms with Crippen LogP contribution in [0.2, 0.25) is 0 Å². The Labute approximate surface area is 152 Å². The number of rotatable bonds is 3.